The van der Waals surface area contributed by atoms with Crippen LogP contribution in [-0.2, 0) is 0 Å². The van der Waals surface area contributed by atoms with E-state index in [4.69, 9.17) is 0 Å². The molecule has 4 heterocycles. The molecule has 13 aromatic rings. The van der Waals surface area contributed by atoms with Gasteiger partial charge in [-0.25, -0.2) is 0 Å². The lowest BCUT2D eigenvalue weighted by molar-refractivity contribution is 0.445. The van der Waals surface area contributed by atoms with Gasteiger partial charge in [0.25, 0.3) is 0 Å². The Hall–Kier alpha value is -7.82. The second-order valence-corrected chi connectivity index (χ2v) is 23.3. The fraction of sp³-hybridized carbons (Fsp3) is 0.250. The van der Waals surface area contributed by atoms with Crippen molar-refractivity contribution in [2.24, 2.45) is 0 Å². The summed E-state index contributed by atoms with van der Waals surface area (Å²) in [5.74, 6) is 1.98. The van der Waals surface area contributed by atoms with Gasteiger partial charge in [0.2, 0.25) is 0 Å². The Morgan fingerprint density at radius 3 is 1.11 bits per heavy atom. The molecule has 0 atom stereocenters. The summed E-state index contributed by atoms with van der Waals surface area (Å²) in [4.78, 5) is 5.04. The van der Waals surface area contributed by atoms with Crippen molar-refractivity contribution >= 4 is 110 Å². The normalized spacial score (nSPS) is 15.2. The molecule has 0 amide bonds. The highest BCUT2D eigenvalue weighted by atomic mass is 15.2. The molecule has 0 radical (unpaired) electrons. The summed E-state index contributed by atoms with van der Waals surface area (Å²) in [5, 5.41) is 10.7. The fourth-order valence-electron chi connectivity index (χ4n) is 14.6. The average Bonchev–Trinajstić information content (AvgIpc) is 4.26. The molecule has 4 aromatic heterocycles. The Balaban J connectivity index is 1.06. The van der Waals surface area contributed by atoms with Crippen molar-refractivity contribution in [3.63, 3.8) is 0 Å². The highest BCUT2D eigenvalue weighted by molar-refractivity contribution is 6.32. The Kier molecular flexibility index (Phi) is 10.7. The maximum atomic E-state index is 2.73. The third-order valence-electron chi connectivity index (χ3n) is 18.3. The third-order valence-corrected chi connectivity index (χ3v) is 18.3. The number of aromatic nitrogens is 2. The lowest BCUT2D eigenvalue weighted by Crippen LogP contribution is -2.10. The smallest absolute Gasteiger partial charge is 0.0641 e. The van der Waals surface area contributed by atoms with Crippen molar-refractivity contribution in [3.8, 4) is 0 Å². The maximum absolute atomic E-state index is 2.73. The summed E-state index contributed by atoms with van der Waals surface area (Å²) in [5.41, 5.74) is 20.9. The topological polar surface area (TPSA) is 15.3 Å². The van der Waals surface area contributed by atoms with Gasteiger partial charge in [-0.2, -0.15) is 0 Å². The maximum Gasteiger partial charge on any atom is 0.0641 e. The second-order valence-electron chi connectivity index (χ2n) is 23.3. The van der Waals surface area contributed by atoms with Gasteiger partial charge in [-0.15, -0.1) is 0 Å². The predicted molar refractivity (Wildman–Crippen MR) is 325 cm³/mol. The number of anilines is 6. The van der Waals surface area contributed by atoms with Crippen LogP contribution >= 0.6 is 0 Å². The van der Waals surface area contributed by atoms with Gasteiger partial charge in [0.05, 0.1) is 44.5 Å². The number of para-hydroxylation sites is 4. The number of rotatable bonds is 10. The van der Waals surface area contributed by atoms with Crippen molar-refractivity contribution < 1.29 is 0 Å². The van der Waals surface area contributed by atoms with E-state index in [0.717, 1.165) is 0 Å². The summed E-state index contributed by atoms with van der Waals surface area (Å²) in [7, 11) is 0. The molecule has 2 aliphatic carbocycles. The van der Waals surface area contributed by atoms with Crippen molar-refractivity contribution in [2.75, 3.05) is 9.80 Å². The molecule has 76 heavy (non-hydrogen) atoms. The van der Waals surface area contributed by atoms with Gasteiger partial charge < -0.3 is 18.6 Å². The molecule has 4 nitrogen and oxygen atoms in total. The molecule has 374 valence electrons. The molecule has 15 rings (SSSR count). The summed E-state index contributed by atoms with van der Waals surface area (Å²) >= 11 is 0. The SMILES string of the molecule is CC(C)c1ccc(N(c2ccccc2)c2ccc3c4cc5c(cc4n4c6c(C7CCCCC7)cccc6c2c34)c2ccc(N(c3ccccc3)c3ccc(C(C)C)cc3)c3c4cccc(C6CCCCC6)c4n5c23)cc1. The molecule has 0 N–H and O–H groups in total. The monoisotopic (exact) mass is 987 g/mol. The molecule has 2 aliphatic rings. The van der Waals surface area contributed by atoms with E-state index >= 15 is 0 Å². The highest BCUT2D eigenvalue weighted by Crippen LogP contribution is 2.53. The van der Waals surface area contributed by atoms with Gasteiger partial charge in [0.1, 0.15) is 0 Å². The zero-order chi connectivity index (χ0) is 50.8. The summed E-state index contributed by atoms with van der Waals surface area (Å²) in [6.07, 6.45) is 12.8. The number of nitrogens with zero attached hydrogens (tertiary/aromatic N) is 4. The first kappa shape index (κ1) is 45.6. The van der Waals surface area contributed by atoms with E-state index in [-0.39, 0.29) is 0 Å². The number of hydrogen-bond donors (Lipinski definition) is 0. The minimum Gasteiger partial charge on any atom is -0.310 e. The average molecular weight is 987 g/mol. The minimum absolute atomic E-state index is 0.459. The Labute approximate surface area is 446 Å². The molecular weight excluding hydrogens is 921 g/mol. The van der Waals surface area contributed by atoms with E-state index in [1.165, 1.54) is 197 Å². The molecule has 0 spiro atoms. The van der Waals surface area contributed by atoms with Crippen LogP contribution in [0.25, 0.3) is 76.2 Å². The molecule has 2 saturated carbocycles. The second kappa shape index (κ2) is 17.9. The van der Waals surface area contributed by atoms with Crippen LogP contribution in [0.15, 0.2) is 182 Å². The first-order valence-electron chi connectivity index (χ1n) is 28.7. The van der Waals surface area contributed by atoms with Crippen LogP contribution in [0.5, 0.6) is 0 Å². The summed E-state index contributed by atoms with van der Waals surface area (Å²) in [6, 6.07) is 70.3. The van der Waals surface area contributed by atoms with E-state index < -0.39 is 0 Å². The van der Waals surface area contributed by atoms with E-state index in [1.54, 1.807) is 0 Å². The summed E-state index contributed by atoms with van der Waals surface area (Å²) in [6.45, 7) is 9.14. The Bertz CT molecular complexity index is 4000. The lowest BCUT2D eigenvalue weighted by Gasteiger charge is -2.27. The van der Waals surface area contributed by atoms with Crippen LogP contribution in [-0.4, -0.2) is 8.80 Å². The Morgan fingerprint density at radius 2 is 0.724 bits per heavy atom. The van der Waals surface area contributed by atoms with Gasteiger partial charge >= 0.3 is 0 Å². The largest absolute Gasteiger partial charge is 0.310 e. The molecule has 0 unspecified atom stereocenters. The number of fused-ring (bicyclic) bond motifs is 12. The van der Waals surface area contributed by atoms with E-state index in [9.17, 15) is 0 Å². The molecule has 9 aromatic carbocycles. The zero-order valence-electron chi connectivity index (χ0n) is 44.5. The number of benzene rings is 9. The van der Waals surface area contributed by atoms with Crippen molar-refractivity contribution in [1.29, 1.82) is 0 Å². The first-order valence-corrected chi connectivity index (χ1v) is 28.7. The fourth-order valence-corrected chi connectivity index (χ4v) is 14.6. The first-order chi connectivity index (χ1) is 37.4. The lowest BCUT2D eigenvalue weighted by atomic mass is 9.83. The van der Waals surface area contributed by atoms with Gasteiger partial charge in [-0.3, -0.25) is 0 Å². The van der Waals surface area contributed by atoms with Gasteiger partial charge in [-0.1, -0.05) is 175 Å². The predicted octanol–water partition coefficient (Wildman–Crippen LogP) is 21.3. The summed E-state index contributed by atoms with van der Waals surface area (Å²) < 4.78 is 5.47. The quantitative estimate of drug-likeness (QED) is 0.136. The van der Waals surface area contributed by atoms with Crippen LogP contribution in [0.4, 0.5) is 34.1 Å². The van der Waals surface area contributed by atoms with Crippen LogP contribution in [0.1, 0.15) is 138 Å². The Morgan fingerprint density at radius 1 is 0.342 bits per heavy atom. The van der Waals surface area contributed by atoms with E-state index in [0.29, 0.717) is 23.7 Å². The highest BCUT2D eigenvalue weighted by Gasteiger charge is 2.31. The zero-order valence-corrected chi connectivity index (χ0v) is 44.5. The molecular formula is C72H66N4. The van der Waals surface area contributed by atoms with Gasteiger partial charge in [-0.05, 0) is 144 Å². The molecule has 0 aliphatic heterocycles. The third kappa shape index (κ3) is 6.88. The van der Waals surface area contributed by atoms with Crippen molar-refractivity contribution in [2.45, 2.75) is 116 Å². The number of hydrogen-bond acceptors (Lipinski definition) is 2. The standard InChI is InChI=1S/C72H66N4/c1-45(2)47-31-35-53(36-32-47)73(51-23-13-7-14-24-51)63-41-39-57-61-43-66-62(44-65(61)75-69-55(49-19-9-5-10-20-49)27-17-29-59(69)67(63)71(57)75)58-40-42-64(74(52-25-15-8-16-26-52)54-37-33-48(34-38-54)46(3)4)68-60-30-18-28-56(50-21-11-6-12-22-50)70(60)76(66)72(58)68/h7-8,13-18,23-46,49-50H,5-6,9-12,19-22H2,1-4H3. The minimum atomic E-state index is 0.459. The van der Waals surface area contributed by atoms with Crippen LogP contribution in [0.2, 0.25) is 0 Å². The van der Waals surface area contributed by atoms with Crippen molar-refractivity contribution in [1.82, 2.24) is 8.80 Å². The molecule has 0 saturated heterocycles. The van der Waals surface area contributed by atoms with Gasteiger partial charge in [0.15, 0.2) is 0 Å². The molecule has 4 heteroatoms. The van der Waals surface area contributed by atoms with Crippen LogP contribution < -0.4 is 9.80 Å². The van der Waals surface area contributed by atoms with E-state index in [1.807, 2.05) is 0 Å². The van der Waals surface area contributed by atoms with Crippen LogP contribution in [0, 0.1) is 0 Å². The van der Waals surface area contributed by atoms with E-state index in [2.05, 4.69) is 228 Å². The van der Waals surface area contributed by atoms with Crippen LogP contribution in [0.3, 0.4) is 0 Å². The molecule has 0 bridgehead atoms. The van der Waals surface area contributed by atoms with Gasteiger partial charge in [0, 0.05) is 65.8 Å². The van der Waals surface area contributed by atoms with Crippen molar-refractivity contribution in [3.05, 3.63) is 204 Å². The molecule has 2 fully saturated rings.